The molecule has 1 aromatic rings. The van der Waals surface area contributed by atoms with Crippen molar-refractivity contribution in [2.24, 2.45) is 5.16 Å². The van der Waals surface area contributed by atoms with E-state index in [1.807, 2.05) is 0 Å². The fourth-order valence-corrected chi connectivity index (χ4v) is 1.90. The molecule has 0 atom stereocenters. The lowest BCUT2D eigenvalue weighted by atomic mass is 10.0. The number of rotatable bonds is 9. The molecule has 1 aromatic carbocycles. The molecule has 0 spiro atoms. The molecule has 138 valence electrons. The zero-order chi connectivity index (χ0) is 18.9. The first-order valence-corrected chi connectivity index (χ1v) is 7.53. The lowest BCUT2D eigenvalue weighted by molar-refractivity contribution is -0.138. The minimum Gasteiger partial charge on any atom is -0.481 e. The molecule has 25 heavy (non-hydrogen) atoms. The molecule has 0 aliphatic heterocycles. The SMILES string of the molecule is CC(=O)NCCO/N=C(/CCCC(=O)O)c1ccc(C(F)(F)F)cc1. The van der Waals surface area contributed by atoms with Crippen LogP contribution < -0.4 is 5.32 Å². The van der Waals surface area contributed by atoms with Crippen molar-refractivity contribution in [1.29, 1.82) is 0 Å². The third-order valence-electron chi connectivity index (χ3n) is 3.09. The molecule has 9 heteroatoms. The van der Waals surface area contributed by atoms with Gasteiger partial charge in [-0.2, -0.15) is 13.2 Å². The Balaban J connectivity index is 2.78. The zero-order valence-electron chi connectivity index (χ0n) is 13.6. The highest BCUT2D eigenvalue weighted by Gasteiger charge is 2.30. The van der Waals surface area contributed by atoms with E-state index < -0.39 is 17.7 Å². The van der Waals surface area contributed by atoms with Crippen molar-refractivity contribution >= 4 is 17.6 Å². The molecule has 0 saturated heterocycles. The molecule has 1 amide bonds. The van der Waals surface area contributed by atoms with Crippen LogP contribution in [-0.2, 0) is 20.6 Å². The van der Waals surface area contributed by atoms with Crippen LogP contribution in [0.4, 0.5) is 13.2 Å². The number of oxime groups is 1. The van der Waals surface area contributed by atoms with Crippen molar-refractivity contribution in [2.75, 3.05) is 13.2 Å². The van der Waals surface area contributed by atoms with E-state index in [1.165, 1.54) is 19.1 Å². The number of carboxylic acids is 1. The second kappa shape index (κ2) is 9.65. The molecule has 0 fully saturated rings. The van der Waals surface area contributed by atoms with Crippen molar-refractivity contribution in [3.8, 4) is 0 Å². The van der Waals surface area contributed by atoms with Gasteiger partial charge in [0.05, 0.1) is 17.8 Å². The highest BCUT2D eigenvalue weighted by Crippen LogP contribution is 2.29. The van der Waals surface area contributed by atoms with E-state index in [9.17, 15) is 22.8 Å². The maximum atomic E-state index is 12.6. The monoisotopic (exact) mass is 360 g/mol. The minimum absolute atomic E-state index is 0.0860. The van der Waals surface area contributed by atoms with Gasteiger partial charge in [-0.1, -0.05) is 17.3 Å². The second-order valence-electron chi connectivity index (χ2n) is 5.18. The van der Waals surface area contributed by atoms with Gasteiger partial charge >= 0.3 is 12.1 Å². The Hall–Kier alpha value is -2.58. The van der Waals surface area contributed by atoms with Crippen LogP contribution in [0.25, 0.3) is 0 Å². The summed E-state index contributed by atoms with van der Waals surface area (Å²) in [6, 6.07) is 4.39. The summed E-state index contributed by atoms with van der Waals surface area (Å²) in [5.74, 6) is -1.20. The standard InChI is InChI=1S/C16H19F3N2O4/c1-11(22)20-9-10-25-21-14(3-2-4-15(23)24)12-5-7-13(8-6-12)16(17,18)19/h5-8H,2-4,9-10H2,1H3,(H,20,22)(H,23,24)/b21-14-. The topological polar surface area (TPSA) is 88.0 Å². The van der Waals surface area contributed by atoms with Crippen LogP contribution in [0.1, 0.15) is 37.3 Å². The third kappa shape index (κ3) is 8.18. The maximum absolute atomic E-state index is 12.6. The number of hydrogen-bond donors (Lipinski definition) is 2. The Bertz CT molecular complexity index is 613. The average molecular weight is 360 g/mol. The van der Waals surface area contributed by atoms with Crippen molar-refractivity contribution in [2.45, 2.75) is 32.4 Å². The van der Waals surface area contributed by atoms with Crippen molar-refractivity contribution in [3.05, 3.63) is 35.4 Å². The number of nitrogens with zero attached hydrogens (tertiary/aromatic N) is 1. The lowest BCUT2D eigenvalue weighted by Gasteiger charge is -2.10. The number of nitrogens with one attached hydrogen (secondary N) is 1. The van der Waals surface area contributed by atoms with Gasteiger partial charge in [-0.05, 0) is 30.5 Å². The van der Waals surface area contributed by atoms with E-state index in [0.717, 1.165) is 12.1 Å². The first-order valence-electron chi connectivity index (χ1n) is 7.53. The van der Waals surface area contributed by atoms with Crippen molar-refractivity contribution in [1.82, 2.24) is 5.32 Å². The summed E-state index contributed by atoms with van der Waals surface area (Å²) in [4.78, 5) is 26.4. The molecule has 0 aliphatic carbocycles. The number of carbonyl (C=O) groups excluding carboxylic acids is 1. The van der Waals surface area contributed by atoms with Gasteiger partial charge in [0.2, 0.25) is 5.91 Å². The van der Waals surface area contributed by atoms with Crippen LogP contribution in [0.3, 0.4) is 0 Å². The van der Waals surface area contributed by atoms with Gasteiger partial charge in [-0.15, -0.1) is 0 Å². The number of carboxylic acid groups (broad SMARTS) is 1. The number of amides is 1. The molecule has 6 nitrogen and oxygen atoms in total. The lowest BCUT2D eigenvalue weighted by Crippen LogP contribution is -2.23. The second-order valence-corrected chi connectivity index (χ2v) is 5.18. The minimum atomic E-state index is -4.44. The summed E-state index contributed by atoms with van der Waals surface area (Å²) < 4.78 is 37.8. The highest BCUT2D eigenvalue weighted by atomic mass is 19.4. The summed E-state index contributed by atoms with van der Waals surface area (Å²) in [6.07, 6.45) is -4.03. The quantitative estimate of drug-likeness (QED) is 0.403. The predicted octanol–water partition coefficient (Wildman–Crippen LogP) is 2.82. The number of alkyl halides is 3. The van der Waals surface area contributed by atoms with E-state index in [0.29, 0.717) is 11.3 Å². The van der Waals surface area contributed by atoms with Gasteiger partial charge < -0.3 is 15.3 Å². The Morgan fingerprint density at radius 1 is 1.20 bits per heavy atom. The third-order valence-corrected chi connectivity index (χ3v) is 3.09. The summed E-state index contributed by atoms with van der Waals surface area (Å²) >= 11 is 0. The van der Waals surface area contributed by atoms with Crippen LogP contribution >= 0.6 is 0 Å². The highest BCUT2D eigenvalue weighted by molar-refractivity contribution is 6.00. The van der Waals surface area contributed by atoms with Crippen molar-refractivity contribution < 1.29 is 32.7 Å². The Kier molecular flexibility index (Phi) is 7.90. The fraction of sp³-hybridized carbons (Fsp3) is 0.438. The number of carbonyl (C=O) groups is 2. The molecule has 1 rings (SSSR count). The maximum Gasteiger partial charge on any atom is 0.416 e. The Labute approximate surface area is 142 Å². The van der Waals surface area contributed by atoms with E-state index in [4.69, 9.17) is 9.94 Å². The van der Waals surface area contributed by atoms with Gasteiger partial charge in [-0.25, -0.2) is 0 Å². The molecule has 0 radical (unpaired) electrons. The van der Waals surface area contributed by atoms with Crippen LogP contribution in [0.15, 0.2) is 29.4 Å². The van der Waals surface area contributed by atoms with Gasteiger partial charge in [0.25, 0.3) is 0 Å². The predicted molar refractivity (Wildman–Crippen MR) is 84.1 cm³/mol. The van der Waals surface area contributed by atoms with E-state index in [2.05, 4.69) is 10.5 Å². The first-order chi connectivity index (χ1) is 11.7. The smallest absolute Gasteiger partial charge is 0.416 e. The van der Waals surface area contributed by atoms with E-state index >= 15 is 0 Å². The summed E-state index contributed by atoms with van der Waals surface area (Å²) in [6.45, 7) is 1.67. The van der Waals surface area contributed by atoms with Crippen molar-refractivity contribution in [3.63, 3.8) is 0 Å². The molecule has 0 aliphatic rings. The molecule has 0 aromatic heterocycles. The van der Waals surface area contributed by atoms with Gasteiger partial charge in [0.15, 0.2) is 0 Å². The molecule has 0 heterocycles. The summed E-state index contributed by atoms with van der Waals surface area (Å²) in [5.41, 5.74) is -0.0246. The van der Waals surface area contributed by atoms with E-state index in [1.54, 1.807) is 0 Å². The zero-order valence-corrected chi connectivity index (χ0v) is 13.6. The molecule has 2 N–H and O–H groups in total. The molecule has 0 saturated carbocycles. The number of aliphatic carboxylic acids is 1. The largest absolute Gasteiger partial charge is 0.481 e. The Morgan fingerprint density at radius 2 is 1.84 bits per heavy atom. The van der Waals surface area contributed by atoms with Crippen LogP contribution in [0.5, 0.6) is 0 Å². The molecular formula is C16H19F3N2O4. The van der Waals surface area contributed by atoms with E-state index in [-0.39, 0.29) is 38.3 Å². The summed E-state index contributed by atoms with van der Waals surface area (Å²) in [5, 5.41) is 15.1. The summed E-state index contributed by atoms with van der Waals surface area (Å²) in [7, 11) is 0. The van der Waals surface area contributed by atoms with Gasteiger partial charge in [-0.3, -0.25) is 9.59 Å². The normalized spacial score (nSPS) is 11.9. The average Bonchev–Trinajstić information content (AvgIpc) is 2.51. The number of benzene rings is 1. The van der Waals surface area contributed by atoms with Crippen LogP contribution in [0, 0.1) is 0 Å². The number of hydrogen-bond acceptors (Lipinski definition) is 4. The number of halogens is 3. The molecule has 0 unspecified atom stereocenters. The van der Waals surface area contributed by atoms with Crippen LogP contribution in [0.2, 0.25) is 0 Å². The fourth-order valence-electron chi connectivity index (χ4n) is 1.90. The van der Waals surface area contributed by atoms with Gasteiger partial charge in [0.1, 0.15) is 6.61 Å². The molecule has 0 bridgehead atoms. The first kappa shape index (κ1) is 20.5. The Morgan fingerprint density at radius 3 is 2.36 bits per heavy atom. The van der Waals surface area contributed by atoms with Gasteiger partial charge in [0, 0.05) is 13.3 Å². The van der Waals surface area contributed by atoms with Crippen LogP contribution in [-0.4, -0.2) is 35.8 Å². The molecular weight excluding hydrogens is 341 g/mol.